The van der Waals surface area contributed by atoms with Crippen molar-refractivity contribution >= 4 is 62.5 Å². The van der Waals surface area contributed by atoms with Crippen molar-refractivity contribution in [3.05, 3.63) is 128 Å². The average molecular weight is 672 g/mol. The molecule has 210 valence electrons. The number of fused-ring (bicyclic) bond motifs is 1. The Hall–Kier alpha value is -3.17. The van der Waals surface area contributed by atoms with E-state index < -0.39 is 12.0 Å². The molecule has 0 unspecified atom stereocenters. The number of thiazole rings is 1. The highest BCUT2D eigenvalue weighted by Crippen LogP contribution is 2.34. The van der Waals surface area contributed by atoms with Gasteiger partial charge in [-0.15, -0.1) is 0 Å². The number of ether oxygens (including phenoxy) is 2. The first-order valence-corrected chi connectivity index (χ1v) is 15.1. The molecule has 41 heavy (non-hydrogen) atoms. The van der Waals surface area contributed by atoms with Crippen LogP contribution >= 0.6 is 50.5 Å². The summed E-state index contributed by atoms with van der Waals surface area (Å²) in [6.45, 7) is 6.00. The monoisotopic (exact) mass is 670 g/mol. The van der Waals surface area contributed by atoms with E-state index in [4.69, 9.17) is 32.7 Å². The maximum Gasteiger partial charge on any atom is 0.338 e. The molecule has 0 bridgehead atoms. The summed E-state index contributed by atoms with van der Waals surface area (Å²) in [7, 11) is 0. The Kier molecular flexibility index (Phi) is 8.85. The molecule has 10 heteroatoms. The van der Waals surface area contributed by atoms with Crippen molar-refractivity contribution in [3.8, 4) is 5.75 Å². The third-order valence-electron chi connectivity index (χ3n) is 6.53. The Morgan fingerprint density at radius 2 is 1.78 bits per heavy atom. The van der Waals surface area contributed by atoms with Crippen molar-refractivity contribution in [2.45, 2.75) is 33.4 Å². The first-order chi connectivity index (χ1) is 19.7. The molecule has 3 aromatic carbocycles. The number of esters is 1. The molecule has 0 radical (unpaired) electrons. The Labute approximate surface area is 259 Å². The highest BCUT2D eigenvalue weighted by molar-refractivity contribution is 9.10. The Morgan fingerprint density at radius 3 is 2.46 bits per heavy atom. The molecule has 1 atom stereocenters. The van der Waals surface area contributed by atoms with E-state index in [2.05, 4.69) is 20.9 Å². The highest BCUT2D eigenvalue weighted by atomic mass is 79.9. The fraction of sp³-hybridized carbons (Fsp3) is 0.194. The Bertz CT molecular complexity index is 1850. The minimum Gasteiger partial charge on any atom is -0.487 e. The SMILES string of the molecule is CCOC(=O)C1=C(C)N=c2s/c(=C\c3cc(Cl)cc(Br)c3OCc3ccc(Cl)cc3)c(=O)n2[C@H]1c1ccc(C)cc1. The molecule has 0 amide bonds. The van der Waals surface area contributed by atoms with E-state index >= 15 is 0 Å². The second-order valence-electron chi connectivity index (χ2n) is 9.43. The molecule has 1 aliphatic rings. The van der Waals surface area contributed by atoms with Crippen LogP contribution in [0.4, 0.5) is 0 Å². The van der Waals surface area contributed by atoms with Crippen molar-refractivity contribution in [1.82, 2.24) is 4.57 Å². The number of aromatic nitrogens is 1. The third kappa shape index (κ3) is 6.21. The van der Waals surface area contributed by atoms with Gasteiger partial charge in [-0.25, -0.2) is 9.79 Å². The second-order valence-corrected chi connectivity index (χ2v) is 12.2. The standard InChI is InChI=1S/C31H25BrCl2N2O4S/c1-4-39-30(38)26-18(3)35-31-36(27(26)20-9-5-17(2)6-10-20)29(37)25(41-31)14-21-13-23(34)15-24(32)28(21)40-16-19-7-11-22(33)12-8-19/h5-15,27H,4,16H2,1-3H3/b25-14-/t27-/m0/s1. The Balaban J connectivity index is 1.64. The van der Waals surface area contributed by atoms with Crippen molar-refractivity contribution in [1.29, 1.82) is 0 Å². The topological polar surface area (TPSA) is 69.9 Å². The number of carbonyl (C=O) groups is 1. The molecule has 0 N–H and O–H groups in total. The molecule has 1 aliphatic heterocycles. The van der Waals surface area contributed by atoms with Crippen molar-refractivity contribution in [2.24, 2.45) is 4.99 Å². The minimum absolute atomic E-state index is 0.211. The molecule has 0 saturated heterocycles. The lowest BCUT2D eigenvalue weighted by atomic mass is 9.95. The molecule has 5 rings (SSSR count). The van der Waals surface area contributed by atoms with E-state index in [1.54, 1.807) is 48.8 Å². The molecule has 0 saturated carbocycles. The van der Waals surface area contributed by atoms with E-state index in [0.29, 0.717) is 46.4 Å². The number of rotatable bonds is 7. The molecule has 4 aromatic rings. The summed E-state index contributed by atoms with van der Waals surface area (Å²) in [5.74, 6) is 0.0407. The van der Waals surface area contributed by atoms with E-state index in [-0.39, 0.29) is 18.8 Å². The lowest BCUT2D eigenvalue weighted by molar-refractivity contribution is -0.139. The number of allylic oxidation sites excluding steroid dienone is 1. The third-order valence-corrected chi connectivity index (χ3v) is 8.57. The molecule has 0 aliphatic carbocycles. The van der Waals surface area contributed by atoms with Gasteiger partial charge in [0.25, 0.3) is 5.56 Å². The summed E-state index contributed by atoms with van der Waals surface area (Å²) in [4.78, 5) is 32.2. The zero-order valence-corrected chi connectivity index (χ0v) is 26.3. The van der Waals surface area contributed by atoms with Crippen LogP contribution in [0, 0.1) is 6.92 Å². The fourth-order valence-electron chi connectivity index (χ4n) is 4.57. The number of carbonyl (C=O) groups excluding carboxylic acids is 1. The van der Waals surface area contributed by atoms with Gasteiger partial charge >= 0.3 is 5.97 Å². The van der Waals surface area contributed by atoms with Crippen LogP contribution in [0.5, 0.6) is 5.75 Å². The van der Waals surface area contributed by atoms with Gasteiger partial charge in [0, 0.05) is 15.6 Å². The van der Waals surface area contributed by atoms with Crippen LogP contribution < -0.4 is 19.6 Å². The number of hydrogen-bond donors (Lipinski definition) is 0. The van der Waals surface area contributed by atoms with Gasteiger partial charge in [-0.2, -0.15) is 0 Å². The van der Waals surface area contributed by atoms with Gasteiger partial charge in [0.15, 0.2) is 4.80 Å². The first-order valence-electron chi connectivity index (χ1n) is 12.8. The quantitative estimate of drug-likeness (QED) is 0.204. The van der Waals surface area contributed by atoms with Crippen LogP contribution in [0.2, 0.25) is 10.0 Å². The van der Waals surface area contributed by atoms with Crippen molar-refractivity contribution in [2.75, 3.05) is 6.61 Å². The van der Waals surface area contributed by atoms with Gasteiger partial charge in [-0.3, -0.25) is 9.36 Å². The molecular formula is C31H25BrCl2N2O4S. The summed E-state index contributed by atoms with van der Waals surface area (Å²) < 4.78 is 14.2. The molecule has 1 aromatic heterocycles. The smallest absolute Gasteiger partial charge is 0.338 e. The van der Waals surface area contributed by atoms with Gasteiger partial charge < -0.3 is 9.47 Å². The maximum atomic E-state index is 14.0. The van der Waals surface area contributed by atoms with E-state index in [1.807, 2.05) is 43.3 Å². The van der Waals surface area contributed by atoms with Crippen molar-refractivity contribution < 1.29 is 14.3 Å². The predicted molar refractivity (Wildman–Crippen MR) is 167 cm³/mol. The number of nitrogens with zero attached hydrogens (tertiary/aromatic N) is 2. The van der Waals surface area contributed by atoms with Crippen LogP contribution in [-0.2, 0) is 16.1 Å². The van der Waals surface area contributed by atoms with Crippen LogP contribution in [0.1, 0.15) is 42.1 Å². The summed E-state index contributed by atoms with van der Waals surface area (Å²) in [5.41, 5.74) is 3.98. The van der Waals surface area contributed by atoms with Crippen molar-refractivity contribution in [3.63, 3.8) is 0 Å². The van der Waals surface area contributed by atoms with E-state index in [1.165, 1.54) is 11.3 Å². The highest BCUT2D eigenvalue weighted by Gasteiger charge is 2.33. The van der Waals surface area contributed by atoms with Crippen LogP contribution in [0.15, 0.2) is 86.2 Å². The van der Waals surface area contributed by atoms with Gasteiger partial charge in [0.1, 0.15) is 12.4 Å². The molecule has 6 nitrogen and oxygen atoms in total. The van der Waals surface area contributed by atoms with E-state index in [9.17, 15) is 9.59 Å². The predicted octanol–water partition coefficient (Wildman–Crippen LogP) is 6.76. The number of benzene rings is 3. The lowest BCUT2D eigenvalue weighted by Crippen LogP contribution is -2.39. The van der Waals surface area contributed by atoms with Gasteiger partial charge in [0.05, 0.1) is 32.9 Å². The minimum atomic E-state index is -0.681. The van der Waals surface area contributed by atoms with Gasteiger partial charge in [-0.05, 0) is 78.2 Å². The zero-order chi connectivity index (χ0) is 29.3. The zero-order valence-electron chi connectivity index (χ0n) is 22.4. The summed E-state index contributed by atoms with van der Waals surface area (Å²) in [5, 5.41) is 1.12. The number of aryl methyl sites for hydroxylation is 1. The molecule has 0 fully saturated rings. The van der Waals surface area contributed by atoms with Gasteiger partial charge in [0.2, 0.25) is 0 Å². The summed E-state index contributed by atoms with van der Waals surface area (Å²) in [6.07, 6.45) is 1.74. The molecule has 0 spiro atoms. The largest absolute Gasteiger partial charge is 0.487 e. The normalized spacial score (nSPS) is 15.0. The Morgan fingerprint density at radius 1 is 1.07 bits per heavy atom. The number of halogens is 3. The van der Waals surface area contributed by atoms with E-state index in [0.717, 1.165) is 16.7 Å². The van der Waals surface area contributed by atoms with Crippen LogP contribution in [0.25, 0.3) is 6.08 Å². The summed E-state index contributed by atoms with van der Waals surface area (Å²) >= 11 is 17.2. The first kappa shape index (κ1) is 29.3. The molecule has 2 heterocycles. The second kappa shape index (κ2) is 12.4. The fourth-order valence-corrected chi connectivity index (χ4v) is 6.68. The van der Waals surface area contributed by atoms with Crippen LogP contribution in [-0.4, -0.2) is 17.1 Å². The maximum absolute atomic E-state index is 14.0. The molecular weight excluding hydrogens is 647 g/mol. The lowest BCUT2D eigenvalue weighted by Gasteiger charge is -2.24. The summed E-state index contributed by atoms with van der Waals surface area (Å²) in [6, 6.07) is 17.9. The average Bonchev–Trinajstić information content (AvgIpc) is 3.23. The van der Waals surface area contributed by atoms with Crippen LogP contribution in [0.3, 0.4) is 0 Å². The number of hydrogen-bond acceptors (Lipinski definition) is 6. The van der Waals surface area contributed by atoms with Gasteiger partial charge in [-0.1, -0.05) is 76.5 Å².